The largest absolute Gasteiger partial charge is 0.444 e. The molecule has 8 heteroatoms. The van der Waals surface area contributed by atoms with Crippen molar-refractivity contribution in [3.8, 4) is 0 Å². The van der Waals surface area contributed by atoms with E-state index in [4.69, 9.17) is 9.47 Å². The van der Waals surface area contributed by atoms with Crippen molar-refractivity contribution in [3.63, 3.8) is 0 Å². The fourth-order valence-electron chi connectivity index (χ4n) is 4.74. The highest BCUT2D eigenvalue weighted by molar-refractivity contribution is 5.68. The lowest BCUT2D eigenvalue weighted by atomic mass is 9.97. The number of aliphatic hydroxyl groups is 1. The summed E-state index contributed by atoms with van der Waals surface area (Å²) >= 11 is 0. The van der Waals surface area contributed by atoms with Crippen LogP contribution in [0.2, 0.25) is 0 Å². The molecule has 3 N–H and O–H groups in total. The molecule has 6 nitrogen and oxygen atoms in total. The van der Waals surface area contributed by atoms with Gasteiger partial charge in [-0.25, -0.2) is 13.6 Å². The molecule has 0 spiro atoms. The number of amides is 1. The summed E-state index contributed by atoms with van der Waals surface area (Å²) in [6, 6.07) is 10.8. The van der Waals surface area contributed by atoms with E-state index in [0.29, 0.717) is 5.56 Å². The predicted octanol–water partition coefficient (Wildman–Crippen LogP) is 4.89. The first-order chi connectivity index (χ1) is 17.0. The number of hydrogen-bond donors (Lipinski definition) is 3. The highest BCUT2D eigenvalue weighted by atomic mass is 19.1. The van der Waals surface area contributed by atoms with Gasteiger partial charge >= 0.3 is 6.09 Å². The normalized spacial score (nSPS) is 20.6. The van der Waals surface area contributed by atoms with Gasteiger partial charge in [0.05, 0.1) is 18.2 Å². The number of carbonyl (C=O) groups excluding carboxylic acids is 1. The Hall–Kier alpha value is -2.55. The van der Waals surface area contributed by atoms with Crippen LogP contribution in [-0.2, 0) is 21.4 Å². The first-order valence-corrected chi connectivity index (χ1v) is 12.6. The van der Waals surface area contributed by atoms with Gasteiger partial charge in [0, 0.05) is 24.8 Å². The van der Waals surface area contributed by atoms with Crippen LogP contribution in [0.4, 0.5) is 13.6 Å². The first kappa shape index (κ1) is 26.5. The maximum absolute atomic E-state index is 13.8. The molecule has 3 atom stereocenters. The summed E-state index contributed by atoms with van der Waals surface area (Å²) < 4.78 is 38.7. The van der Waals surface area contributed by atoms with E-state index >= 15 is 0 Å². The van der Waals surface area contributed by atoms with E-state index in [1.54, 1.807) is 20.8 Å². The zero-order valence-electron chi connectivity index (χ0n) is 21.2. The molecule has 2 aromatic rings. The number of carbonyl (C=O) groups is 1. The lowest BCUT2D eigenvalue weighted by Gasteiger charge is -2.29. The monoisotopic (exact) mass is 502 g/mol. The zero-order chi connectivity index (χ0) is 25.9. The van der Waals surface area contributed by atoms with Crippen molar-refractivity contribution in [3.05, 3.63) is 70.8 Å². The Kier molecular flexibility index (Phi) is 7.97. The highest BCUT2D eigenvalue weighted by Crippen LogP contribution is 2.46. The lowest BCUT2D eigenvalue weighted by molar-refractivity contribution is 0.0419. The van der Waals surface area contributed by atoms with Crippen molar-refractivity contribution in [2.45, 2.75) is 82.3 Å². The van der Waals surface area contributed by atoms with Gasteiger partial charge in [0.15, 0.2) is 0 Å². The molecule has 1 saturated heterocycles. The molecule has 2 fully saturated rings. The van der Waals surface area contributed by atoms with Crippen LogP contribution in [0.25, 0.3) is 0 Å². The molecule has 0 aromatic heterocycles. The van der Waals surface area contributed by atoms with E-state index < -0.39 is 35.5 Å². The second kappa shape index (κ2) is 10.8. The van der Waals surface area contributed by atoms with E-state index in [0.717, 1.165) is 49.5 Å². The van der Waals surface area contributed by atoms with Crippen LogP contribution in [0.15, 0.2) is 42.5 Å². The first-order valence-electron chi connectivity index (χ1n) is 12.6. The second-order valence-electron chi connectivity index (χ2n) is 10.9. The number of aliphatic hydroxyl groups excluding tert-OH is 1. The molecule has 2 aliphatic rings. The number of nitrogens with one attached hydrogen (secondary N) is 2. The predicted molar refractivity (Wildman–Crippen MR) is 133 cm³/mol. The van der Waals surface area contributed by atoms with E-state index in [9.17, 15) is 18.7 Å². The van der Waals surface area contributed by atoms with Crippen molar-refractivity contribution >= 4 is 6.09 Å². The van der Waals surface area contributed by atoms with Crippen LogP contribution in [0.3, 0.4) is 0 Å². The fourth-order valence-corrected chi connectivity index (χ4v) is 4.74. The van der Waals surface area contributed by atoms with Crippen molar-refractivity contribution < 1.29 is 28.2 Å². The summed E-state index contributed by atoms with van der Waals surface area (Å²) in [6.07, 6.45) is 2.37. The minimum Gasteiger partial charge on any atom is -0.444 e. The van der Waals surface area contributed by atoms with Crippen LogP contribution in [0.5, 0.6) is 0 Å². The number of ether oxygens (including phenoxy) is 2. The molecule has 36 heavy (non-hydrogen) atoms. The maximum atomic E-state index is 13.8. The lowest BCUT2D eigenvalue weighted by Crippen LogP contribution is -2.51. The van der Waals surface area contributed by atoms with Gasteiger partial charge in [0.2, 0.25) is 0 Å². The number of benzene rings is 2. The van der Waals surface area contributed by atoms with Gasteiger partial charge < -0.3 is 25.2 Å². The van der Waals surface area contributed by atoms with E-state index in [1.165, 1.54) is 12.1 Å². The van der Waals surface area contributed by atoms with Crippen LogP contribution >= 0.6 is 0 Å². The summed E-state index contributed by atoms with van der Waals surface area (Å²) in [5.74, 6) is -1.42. The average molecular weight is 503 g/mol. The third kappa shape index (κ3) is 7.02. The maximum Gasteiger partial charge on any atom is 0.407 e. The quantitative estimate of drug-likeness (QED) is 0.455. The van der Waals surface area contributed by atoms with Gasteiger partial charge in [-0.15, -0.1) is 0 Å². The summed E-state index contributed by atoms with van der Waals surface area (Å²) in [7, 11) is 0. The SMILES string of the molecule is CC(C)(C)OC(=O)NC(Cc1cc(F)cc(F)c1)C(O)CNC1(c2cccc(C3CCCO3)c2)CC1. The summed E-state index contributed by atoms with van der Waals surface area (Å²) in [6.45, 7) is 6.18. The van der Waals surface area contributed by atoms with Gasteiger partial charge in [0.25, 0.3) is 0 Å². The molecule has 1 aliphatic heterocycles. The summed E-state index contributed by atoms with van der Waals surface area (Å²) in [5, 5.41) is 17.3. The Morgan fingerprint density at radius 1 is 1.19 bits per heavy atom. The van der Waals surface area contributed by atoms with Crippen molar-refractivity contribution in [1.82, 2.24) is 10.6 Å². The number of alkyl carbamates (subject to hydrolysis) is 1. The molecule has 2 aromatic carbocycles. The molecule has 1 aliphatic carbocycles. The Labute approximate surface area is 211 Å². The minimum absolute atomic E-state index is 0.0400. The molecule has 1 heterocycles. The Morgan fingerprint density at radius 3 is 2.53 bits per heavy atom. The molecular formula is C28H36F2N2O4. The fraction of sp³-hybridized carbons (Fsp3) is 0.536. The van der Waals surface area contributed by atoms with Crippen molar-refractivity contribution in [2.24, 2.45) is 0 Å². The van der Waals surface area contributed by atoms with E-state index in [-0.39, 0.29) is 24.6 Å². The number of hydrogen-bond acceptors (Lipinski definition) is 5. The summed E-state index contributed by atoms with van der Waals surface area (Å²) in [5.41, 5.74) is 1.66. The zero-order valence-corrected chi connectivity index (χ0v) is 21.2. The molecular weight excluding hydrogens is 466 g/mol. The van der Waals surface area contributed by atoms with Gasteiger partial charge in [-0.05, 0) is 81.7 Å². The topological polar surface area (TPSA) is 79.8 Å². The van der Waals surface area contributed by atoms with Gasteiger partial charge in [-0.1, -0.05) is 24.3 Å². The Balaban J connectivity index is 1.45. The second-order valence-corrected chi connectivity index (χ2v) is 10.9. The van der Waals surface area contributed by atoms with E-state index in [1.807, 2.05) is 6.07 Å². The summed E-state index contributed by atoms with van der Waals surface area (Å²) in [4.78, 5) is 12.5. The van der Waals surface area contributed by atoms with Crippen molar-refractivity contribution in [1.29, 1.82) is 0 Å². The highest BCUT2D eigenvalue weighted by Gasteiger charge is 2.44. The third-order valence-corrected chi connectivity index (χ3v) is 6.68. The van der Waals surface area contributed by atoms with Crippen molar-refractivity contribution in [2.75, 3.05) is 13.2 Å². The number of halogens is 2. The van der Waals surface area contributed by atoms with Gasteiger partial charge in [-0.3, -0.25) is 0 Å². The molecule has 1 saturated carbocycles. The molecule has 0 radical (unpaired) electrons. The van der Waals surface area contributed by atoms with Crippen LogP contribution in [-0.4, -0.2) is 42.1 Å². The molecule has 4 rings (SSSR count). The number of rotatable bonds is 9. The van der Waals surface area contributed by atoms with E-state index in [2.05, 4.69) is 28.8 Å². The smallest absolute Gasteiger partial charge is 0.407 e. The standard InChI is InChI=1S/C28H36F2N2O4/c1-27(2,3)36-26(34)32-23(14-18-12-21(29)16-22(30)13-18)24(33)17-31-28(9-10-28)20-7-4-6-19(15-20)25-8-5-11-35-25/h4,6-7,12-13,15-16,23-25,31,33H,5,8-11,14,17H2,1-3H3,(H,32,34). The van der Waals surface area contributed by atoms with Crippen LogP contribution in [0.1, 0.15) is 69.2 Å². The molecule has 1 amide bonds. The Morgan fingerprint density at radius 2 is 1.92 bits per heavy atom. The minimum atomic E-state index is -1.03. The van der Waals surface area contributed by atoms with Gasteiger partial charge in [-0.2, -0.15) is 0 Å². The molecule has 0 bridgehead atoms. The third-order valence-electron chi connectivity index (χ3n) is 6.68. The average Bonchev–Trinajstić information content (AvgIpc) is 3.38. The van der Waals surface area contributed by atoms with Gasteiger partial charge in [0.1, 0.15) is 17.2 Å². The Bertz CT molecular complexity index is 1040. The molecule has 196 valence electrons. The molecule has 3 unspecified atom stereocenters. The van der Waals surface area contributed by atoms with Crippen LogP contribution in [0, 0.1) is 11.6 Å². The van der Waals surface area contributed by atoms with Crippen LogP contribution < -0.4 is 10.6 Å².